The Hall–Kier alpha value is -5.23. The molecule has 0 radical (unpaired) electrons. The molecule has 1 aliphatic rings. The first-order valence-electron chi connectivity index (χ1n) is 13.3. The van der Waals surface area contributed by atoms with Crippen LogP contribution in [0, 0.1) is 0 Å². The predicted molar refractivity (Wildman–Crippen MR) is 157 cm³/mol. The van der Waals surface area contributed by atoms with Crippen molar-refractivity contribution in [1.82, 2.24) is 24.9 Å². The lowest BCUT2D eigenvalue weighted by Gasteiger charge is -2.22. The van der Waals surface area contributed by atoms with Gasteiger partial charge in [-0.15, -0.1) is 0 Å². The van der Waals surface area contributed by atoms with Crippen molar-refractivity contribution in [3.05, 3.63) is 115 Å². The molecule has 0 N–H and O–H groups in total. The minimum Gasteiger partial charge on any atom is -0.456 e. The maximum atomic E-state index is 6.23. The number of fused-ring (bicyclic) bond motifs is 7. The number of rotatable bonds is 3. The molecule has 0 fully saturated rings. The molecule has 0 atom stereocenters. The van der Waals surface area contributed by atoms with E-state index in [1.165, 1.54) is 27.6 Å². The second-order valence-electron chi connectivity index (χ2n) is 10.6. The lowest BCUT2D eigenvalue weighted by molar-refractivity contribution is 0.657. The molecule has 6 nitrogen and oxygen atoms in total. The standard InChI is InChI=1S/C34H23N5O/c1-34(2)24-19-20(13-14-21(24)22-15-16-28-29(30(22)34)23-9-3-4-12-27(23)40-28)31-37-32(25-10-5-7-17-35-25)39-33(38-31)26-11-6-8-18-36-26/h3-19H,1-2H3. The molecular formula is C34H23N5O. The molecule has 7 aromatic rings. The van der Waals surface area contributed by atoms with Crippen molar-refractivity contribution in [2.75, 3.05) is 0 Å². The number of pyridine rings is 2. The third-order valence-corrected chi connectivity index (χ3v) is 7.83. The molecular weight excluding hydrogens is 494 g/mol. The zero-order valence-corrected chi connectivity index (χ0v) is 22.0. The predicted octanol–water partition coefficient (Wildman–Crippen LogP) is 7.87. The van der Waals surface area contributed by atoms with Crippen LogP contribution in [0.3, 0.4) is 0 Å². The zero-order chi connectivity index (χ0) is 26.8. The van der Waals surface area contributed by atoms with E-state index in [0.717, 1.165) is 22.1 Å². The Morgan fingerprint density at radius 1 is 0.600 bits per heavy atom. The summed E-state index contributed by atoms with van der Waals surface area (Å²) in [6.07, 6.45) is 3.49. The molecule has 6 heteroatoms. The number of nitrogens with zero attached hydrogens (tertiary/aromatic N) is 5. The normalized spacial score (nSPS) is 13.4. The number of benzene rings is 3. The Morgan fingerprint density at radius 2 is 1.25 bits per heavy atom. The molecule has 4 heterocycles. The fourth-order valence-corrected chi connectivity index (χ4v) is 5.98. The Labute approximate surface area is 230 Å². The molecule has 40 heavy (non-hydrogen) atoms. The SMILES string of the molecule is CC1(C)c2cc(-c3nc(-c4ccccn4)nc(-c4ccccn4)n3)ccc2-c2ccc3oc4ccccc4c3c21. The smallest absolute Gasteiger partial charge is 0.182 e. The highest BCUT2D eigenvalue weighted by molar-refractivity contribution is 6.11. The van der Waals surface area contributed by atoms with E-state index >= 15 is 0 Å². The topological polar surface area (TPSA) is 77.6 Å². The second-order valence-corrected chi connectivity index (χ2v) is 10.6. The molecule has 0 bridgehead atoms. The van der Waals surface area contributed by atoms with Gasteiger partial charge in [0.2, 0.25) is 0 Å². The molecule has 190 valence electrons. The summed E-state index contributed by atoms with van der Waals surface area (Å²) in [4.78, 5) is 23.5. The van der Waals surface area contributed by atoms with Crippen molar-refractivity contribution in [2.24, 2.45) is 0 Å². The van der Waals surface area contributed by atoms with Crippen LogP contribution in [-0.4, -0.2) is 24.9 Å². The van der Waals surface area contributed by atoms with Crippen molar-refractivity contribution in [2.45, 2.75) is 19.3 Å². The van der Waals surface area contributed by atoms with Gasteiger partial charge in [0.1, 0.15) is 22.6 Å². The van der Waals surface area contributed by atoms with Crippen LogP contribution in [0.1, 0.15) is 25.0 Å². The van der Waals surface area contributed by atoms with Gasteiger partial charge in [0.15, 0.2) is 17.5 Å². The van der Waals surface area contributed by atoms with Crippen LogP contribution in [0.2, 0.25) is 0 Å². The maximum Gasteiger partial charge on any atom is 0.182 e. The lowest BCUT2D eigenvalue weighted by Crippen LogP contribution is -2.15. The second kappa shape index (κ2) is 8.38. The summed E-state index contributed by atoms with van der Waals surface area (Å²) in [6.45, 7) is 4.57. The van der Waals surface area contributed by atoms with Gasteiger partial charge in [0.05, 0.1) is 0 Å². The van der Waals surface area contributed by atoms with E-state index in [2.05, 4.69) is 66.3 Å². The van der Waals surface area contributed by atoms with E-state index in [1.54, 1.807) is 12.4 Å². The minimum absolute atomic E-state index is 0.256. The van der Waals surface area contributed by atoms with Crippen molar-refractivity contribution in [3.8, 4) is 45.6 Å². The van der Waals surface area contributed by atoms with Gasteiger partial charge in [-0.3, -0.25) is 9.97 Å². The van der Waals surface area contributed by atoms with Crippen molar-refractivity contribution >= 4 is 21.9 Å². The average Bonchev–Trinajstić information content (AvgIpc) is 3.49. The largest absolute Gasteiger partial charge is 0.456 e. The average molecular weight is 518 g/mol. The summed E-state index contributed by atoms with van der Waals surface area (Å²) in [6, 6.07) is 30.5. The number of hydrogen-bond acceptors (Lipinski definition) is 6. The quantitative estimate of drug-likeness (QED) is 0.237. The van der Waals surface area contributed by atoms with Crippen LogP contribution in [0.15, 0.2) is 108 Å². The molecule has 0 saturated carbocycles. The molecule has 8 rings (SSSR count). The summed E-state index contributed by atoms with van der Waals surface area (Å²) in [7, 11) is 0. The first kappa shape index (κ1) is 22.7. The van der Waals surface area contributed by atoms with Crippen LogP contribution in [0.5, 0.6) is 0 Å². The minimum atomic E-state index is -0.256. The van der Waals surface area contributed by atoms with Gasteiger partial charge in [0, 0.05) is 34.1 Å². The van der Waals surface area contributed by atoms with E-state index in [1.807, 2.05) is 48.5 Å². The monoisotopic (exact) mass is 517 g/mol. The van der Waals surface area contributed by atoms with E-state index in [4.69, 9.17) is 19.4 Å². The molecule has 3 aromatic carbocycles. The molecule has 0 spiro atoms. The van der Waals surface area contributed by atoms with E-state index in [9.17, 15) is 0 Å². The number of furan rings is 1. The Bertz CT molecular complexity index is 2020. The molecule has 0 saturated heterocycles. The number of para-hydroxylation sites is 1. The van der Waals surface area contributed by atoms with E-state index in [0.29, 0.717) is 28.9 Å². The third kappa shape index (κ3) is 3.32. The van der Waals surface area contributed by atoms with Crippen molar-refractivity contribution < 1.29 is 4.42 Å². The summed E-state index contributed by atoms with van der Waals surface area (Å²) >= 11 is 0. The van der Waals surface area contributed by atoms with Crippen LogP contribution >= 0.6 is 0 Å². The first-order valence-corrected chi connectivity index (χ1v) is 13.3. The Morgan fingerprint density at radius 3 is 1.95 bits per heavy atom. The van der Waals surface area contributed by atoms with Gasteiger partial charge in [0.25, 0.3) is 0 Å². The summed E-state index contributed by atoms with van der Waals surface area (Å²) < 4.78 is 6.23. The fraction of sp³-hybridized carbons (Fsp3) is 0.0882. The molecule has 4 aromatic heterocycles. The molecule has 0 aliphatic heterocycles. The highest BCUT2D eigenvalue weighted by Gasteiger charge is 2.38. The van der Waals surface area contributed by atoms with Gasteiger partial charge < -0.3 is 4.42 Å². The summed E-state index contributed by atoms with van der Waals surface area (Å²) in [5, 5.41) is 2.33. The highest BCUT2D eigenvalue weighted by Crippen LogP contribution is 2.53. The molecule has 1 aliphatic carbocycles. The van der Waals surface area contributed by atoms with Crippen molar-refractivity contribution in [3.63, 3.8) is 0 Å². The number of hydrogen-bond donors (Lipinski definition) is 0. The van der Waals surface area contributed by atoms with E-state index in [-0.39, 0.29) is 5.41 Å². The maximum absolute atomic E-state index is 6.23. The van der Waals surface area contributed by atoms with Crippen LogP contribution in [-0.2, 0) is 5.41 Å². The van der Waals surface area contributed by atoms with Gasteiger partial charge in [-0.05, 0) is 64.7 Å². The van der Waals surface area contributed by atoms with E-state index < -0.39 is 0 Å². The van der Waals surface area contributed by atoms with Crippen LogP contribution < -0.4 is 0 Å². The van der Waals surface area contributed by atoms with Crippen LogP contribution in [0.25, 0.3) is 67.5 Å². The van der Waals surface area contributed by atoms with Gasteiger partial charge in [-0.1, -0.05) is 62.4 Å². The van der Waals surface area contributed by atoms with Gasteiger partial charge >= 0.3 is 0 Å². The third-order valence-electron chi connectivity index (χ3n) is 7.83. The lowest BCUT2D eigenvalue weighted by atomic mass is 9.80. The van der Waals surface area contributed by atoms with Crippen LogP contribution in [0.4, 0.5) is 0 Å². The Balaban J connectivity index is 1.33. The fourth-order valence-electron chi connectivity index (χ4n) is 5.98. The van der Waals surface area contributed by atoms with Gasteiger partial charge in [-0.25, -0.2) is 15.0 Å². The zero-order valence-electron chi connectivity index (χ0n) is 22.0. The molecule has 0 unspecified atom stereocenters. The molecule has 0 amide bonds. The summed E-state index contributed by atoms with van der Waals surface area (Å²) in [5.74, 6) is 1.62. The van der Waals surface area contributed by atoms with Gasteiger partial charge in [-0.2, -0.15) is 0 Å². The number of aromatic nitrogens is 5. The highest BCUT2D eigenvalue weighted by atomic mass is 16.3. The van der Waals surface area contributed by atoms with Crippen molar-refractivity contribution in [1.29, 1.82) is 0 Å². The Kier molecular flexibility index (Phi) is 4.76. The first-order chi connectivity index (χ1) is 19.6. The summed E-state index contributed by atoms with van der Waals surface area (Å²) in [5.41, 5.74) is 8.85.